The minimum absolute atomic E-state index is 0.000716. The van der Waals surface area contributed by atoms with Crippen LogP contribution in [0.15, 0.2) is 91.0 Å². The molecule has 3 aromatic rings. The number of ether oxygens (including phenoxy) is 4. The lowest BCUT2D eigenvalue weighted by molar-refractivity contribution is -0.130. The Balaban J connectivity index is 1.12. The van der Waals surface area contributed by atoms with Gasteiger partial charge < -0.3 is 34.3 Å². The summed E-state index contributed by atoms with van der Waals surface area (Å²) < 4.78 is 25.9. The van der Waals surface area contributed by atoms with Gasteiger partial charge in [-0.05, 0) is 121 Å². The Bertz CT molecular complexity index is 1520. The number of aliphatic hydroxyl groups is 3. The van der Waals surface area contributed by atoms with Crippen LogP contribution in [0.3, 0.4) is 0 Å². The molecule has 304 valence electrons. The van der Waals surface area contributed by atoms with Crippen LogP contribution in [0.2, 0.25) is 0 Å². The normalized spacial score (nSPS) is 31.4. The molecule has 4 fully saturated rings. The van der Waals surface area contributed by atoms with Crippen LogP contribution in [0, 0.1) is 52.3 Å². The fourth-order valence-electron chi connectivity index (χ4n) is 12.3. The SMILES string of the molecule is C[C@H](CCCOC(c1ccccc1)(c1ccccc1)c1ccccc1)[C@H]1CC[C@H]2[C]3[C@H](OCCO)C[C]4C[C@@H](OCCO)CC[C@]4(C)[C@H]3C[C@H](COCO)[C@]12C. The molecule has 9 atom stereocenters. The topological polar surface area (TPSA) is 97.6 Å². The standard InChI is InChI=1S/C49H66O7/c1-35(14-13-27-56-49(36-15-7-4-8-16-36,37-17-9-5-10-18-37)38-19-11-6-12-20-38)42-21-22-43-46-44(31-40(33-53-34-52)48(42,43)3)47(2)24-23-41(54-28-25-50)30-39(47)32-45(46)55-29-26-51/h4-12,15-20,35,40-45,50-52H,13-14,21-34H2,1-3H3/t35-,40-,41+,42-,43+,44+,45-,47+,48-/m1/s1. The first kappa shape index (κ1) is 41.5. The number of rotatable bonds is 18. The molecule has 56 heavy (non-hydrogen) atoms. The zero-order valence-corrected chi connectivity index (χ0v) is 34.0. The molecule has 0 bridgehead atoms. The second-order valence-corrected chi connectivity index (χ2v) is 17.6. The van der Waals surface area contributed by atoms with E-state index in [1.807, 2.05) is 0 Å². The van der Waals surface area contributed by atoms with Crippen molar-refractivity contribution >= 4 is 0 Å². The lowest BCUT2D eigenvalue weighted by Crippen LogP contribution is -2.60. The van der Waals surface area contributed by atoms with E-state index in [0.29, 0.717) is 56.0 Å². The Hall–Kier alpha value is -2.62. The van der Waals surface area contributed by atoms with E-state index in [4.69, 9.17) is 18.9 Å². The molecule has 7 heteroatoms. The Morgan fingerprint density at radius 3 is 1.93 bits per heavy atom. The van der Waals surface area contributed by atoms with Crippen molar-refractivity contribution in [2.75, 3.05) is 46.4 Å². The molecule has 0 aromatic heterocycles. The van der Waals surface area contributed by atoms with Gasteiger partial charge >= 0.3 is 0 Å². The molecule has 0 aliphatic heterocycles. The molecule has 3 N–H and O–H groups in total. The summed E-state index contributed by atoms with van der Waals surface area (Å²) >= 11 is 0. The van der Waals surface area contributed by atoms with Gasteiger partial charge in [0.25, 0.3) is 0 Å². The van der Waals surface area contributed by atoms with Crippen LogP contribution in [0.5, 0.6) is 0 Å². The maximum Gasteiger partial charge on any atom is 0.143 e. The number of aliphatic hydroxyl groups excluding tert-OH is 3. The van der Waals surface area contributed by atoms with E-state index in [2.05, 4.69) is 112 Å². The predicted octanol–water partition coefficient (Wildman–Crippen LogP) is 8.54. The molecule has 4 aliphatic rings. The van der Waals surface area contributed by atoms with Crippen LogP contribution in [0.25, 0.3) is 0 Å². The summed E-state index contributed by atoms with van der Waals surface area (Å²) in [6.45, 7) is 9.18. The van der Waals surface area contributed by atoms with E-state index in [-0.39, 0.29) is 43.0 Å². The monoisotopic (exact) mass is 766 g/mol. The third-order valence-electron chi connectivity index (χ3n) is 15.0. The highest BCUT2D eigenvalue weighted by Gasteiger charge is 2.66. The highest BCUT2D eigenvalue weighted by atomic mass is 16.6. The molecule has 4 aliphatic carbocycles. The molecule has 0 unspecified atom stereocenters. The summed E-state index contributed by atoms with van der Waals surface area (Å²) in [6, 6.07) is 31.9. The molecule has 0 saturated heterocycles. The molecular weight excluding hydrogens is 701 g/mol. The average Bonchev–Trinajstić information content (AvgIpc) is 3.60. The lowest BCUT2D eigenvalue weighted by atomic mass is 9.41. The molecule has 7 rings (SSSR count). The van der Waals surface area contributed by atoms with Crippen molar-refractivity contribution in [1.82, 2.24) is 0 Å². The number of hydrogen-bond donors (Lipinski definition) is 3. The molecule has 4 saturated carbocycles. The molecule has 0 spiro atoms. The molecule has 2 radical (unpaired) electrons. The predicted molar refractivity (Wildman–Crippen MR) is 219 cm³/mol. The highest BCUT2D eigenvalue weighted by molar-refractivity contribution is 5.47. The summed E-state index contributed by atoms with van der Waals surface area (Å²) in [7, 11) is 0. The van der Waals surface area contributed by atoms with Gasteiger partial charge in [-0.1, -0.05) is 112 Å². The number of fused-ring (bicyclic) bond motifs is 5. The van der Waals surface area contributed by atoms with Gasteiger partial charge in [-0.3, -0.25) is 0 Å². The summed E-state index contributed by atoms with van der Waals surface area (Å²) in [4.78, 5) is 0. The van der Waals surface area contributed by atoms with Gasteiger partial charge in [-0.15, -0.1) is 0 Å². The van der Waals surface area contributed by atoms with Gasteiger partial charge in [0.05, 0.1) is 45.2 Å². The fourth-order valence-corrected chi connectivity index (χ4v) is 12.3. The van der Waals surface area contributed by atoms with Gasteiger partial charge in [-0.25, -0.2) is 0 Å². The number of hydrogen-bond acceptors (Lipinski definition) is 7. The number of benzene rings is 3. The van der Waals surface area contributed by atoms with Crippen LogP contribution < -0.4 is 0 Å². The van der Waals surface area contributed by atoms with Crippen molar-refractivity contribution in [3.63, 3.8) is 0 Å². The van der Waals surface area contributed by atoms with Crippen molar-refractivity contribution in [1.29, 1.82) is 0 Å². The smallest absolute Gasteiger partial charge is 0.143 e. The first-order valence-corrected chi connectivity index (χ1v) is 21.5. The van der Waals surface area contributed by atoms with Crippen LogP contribution in [-0.4, -0.2) is 74.0 Å². The van der Waals surface area contributed by atoms with E-state index in [0.717, 1.165) is 74.5 Å². The first-order valence-electron chi connectivity index (χ1n) is 21.5. The van der Waals surface area contributed by atoms with Gasteiger partial charge in [-0.2, -0.15) is 0 Å². The fraction of sp³-hybridized carbons (Fsp3) is 0.592. The zero-order chi connectivity index (χ0) is 39.2. The van der Waals surface area contributed by atoms with E-state index < -0.39 is 5.60 Å². The largest absolute Gasteiger partial charge is 0.394 e. The van der Waals surface area contributed by atoms with Crippen molar-refractivity contribution in [2.45, 2.75) is 96.4 Å². The van der Waals surface area contributed by atoms with Crippen LogP contribution in [0.1, 0.15) is 95.2 Å². The van der Waals surface area contributed by atoms with Crippen molar-refractivity contribution in [3.05, 3.63) is 120 Å². The Morgan fingerprint density at radius 2 is 1.34 bits per heavy atom. The summed E-state index contributed by atoms with van der Waals surface area (Å²) in [5.41, 5.74) is 2.71. The van der Waals surface area contributed by atoms with Gasteiger partial charge in [0.15, 0.2) is 0 Å². The first-order chi connectivity index (χ1) is 27.3. The molecule has 0 amide bonds. The van der Waals surface area contributed by atoms with Crippen molar-refractivity contribution in [2.24, 2.45) is 40.4 Å². The Kier molecular flexibility index (Phi) is 13.7. The lowest BCUT2D eigenvalue weighted by Gasteiger charge is -2.64. The van der Waals surface area contributed by atoms with Gasteiger partial charge in [0, 0.05) is 12.5 Å². The quantitative estimate of drug-likeness (QED) is 0.0679. The zero-order valence-electron chi connectivity index (χ0n) is 34.0. The Labute approximate surface area is 336 Å². The van der Waals surface area contributed by atoms with E-state index >= 15 is 0 Å². The molecule has 0 heterocycles. The highest BCUT2D eigenvalue weighted by Crippen LogP contribution is 2.71. The van der Waals surface area contributed by atoms with Gasteiger partial charge in [0.1, 0.15) is 12.4 Å². The van der Waals surface area contributed by atoms with E-state index in [1.165, 1.54) is 5.92 Å². The van der Waals surface area contributed by atoms with Crippen LogP contribution in [-0.2, 0) is 24.5 Å². The molecular formula is C49H66O7. The minimum atomic E-state index is -0.722. The van der Waals surface area contributed by atoms with Crippen LogP contribution in [0.4, 0.5) is 0 Å². The Morgan fingerprint density at radius 1 is 0.732 bits per heavy atom. The van der Waals surface area contributed by atoms with E-state index in [9.17, 15) is 15.3 Å². The van der Waals surface area contributed by atoms with E-state index in [1.54, 1.807) is 5.92 Å². The third kappa shape index (κ3) is 7.91. The van der Waals surface area contributed by atoms with Crippen molar-refractivity contribution in [3.8, 4) is 0 Å². The summed E-state index contributed by atoms with van der Waals surface area (Å²) in [5.74, 6) is 5.13. The average molecular weight is 767 g/mol. The molecule has 3 aromatic carbocycles. The second-order valence-electron chi connectivity index (χ2n) is 17.6. The van der Waals surface area contributed by atoms with Crippen LogP contribution >= 0.6 is 0 Å². The molecule has 7 nitrogen and oxygen atoms in total. The van der Waals surface area contributed by atoms with Crippen molar-refractivity contribution < 1.29 is 34.3 Å². The van der Waals surface area contributed by atoms with Gasteiger partial charge in [0.2, 0.25) is 0 Å². The third-order valence-corrected chi connectivity index (χ3v) is 15.0. The second kappa shape index (κ2) is 18.5. The summed E-state index contributed by atoms with van der Waals surface area (Å²) in [5, 5.41) is 29.3. The summed E-state index contributed by atoms with van der Waals surface area (Å²) in [6.07, 6.45) is 9.28. The maximum atomic E-state index is 9.94. The minimum Gasteiger partial charge on any atom is -0.394 e. The maximum absolute atomic E-state index is 9.94.